The molecule has 0 aliphatic rings. The Kier molecular flexibility index (Phi) is 4.64. The summed E-state index contributed by atoms with van der Waals surface area (Å²) in [5.41, 5.74) is 0.475. The number of rotatable bonds is 7. The van der Waals surface area contributed by atoms with Gasteiger partial charge in [0.1, 0.15) is 4.90 Å². The molecule has 0 aromatic carbocycles. The number of hydrogen-bond donors (Lipinski definition) is 3. The number of carboxylic acid groups (broad SMARTS) is 1. The highest BCUT2D eigenvalue weighted by Gasteiger charge is 2.17. The van der Waals surface area contributed by atoms with Crippen molar-refractivity contribution in [3.63, 3.8) is 0 Å². The number of aromatic amines is 1. The van der Waals surface area contributed by atoms with Crippen molar-refractivity contribution in [2.24, 2.45) is 0 Å². The number of nitrogens with zero attached hydrogens (tertiary/aromatic N) is 1. The Morgan fingerprint density at radius 2 is 2.24 bits per heavy atom. The van der Waals surface area contributed by atoms with E-state index in [0.717, 1.165) is 0 Å². The summed E-state index contributed by atoms with van der Waals surface area (Å²) in [4.78, 5) is 10.4. The summed E-state index contributed by atoms with van der Waals surface area (Å²) in [6.45, 7) is 1.84. The van der Waals surface area contributed by atoms with Gasteiger partial charge in [0, 0.05) is 13.0 Å². The largest absolute Gasteiger partial charge is 0.481 e. The lowest BCUT2D eigenvalue weighted by atomic mass is 10.2. The number of H-pyrrole nitrogens is 1. The third-order valence-corrected chi connectivity index (χ3v) is 3.76. The predicted molar refractivity (Wildman–Crippen MR) is 60.0 cm³/mol. The number of aromatic nitrogens is 2. The molecule has 0 unspecified atom stereocenters. The molecular formula is C9H15N3O4S. The van der Waals surface area contributed by atoms with Crippen LogP contribution in [0.3, 0.4) is 0 Å². The zero-order chi connectivity index (χ0) is 12.9. The summed E-state index contributed by atoms with van der Waals surface area (Å²) in [6.07, 6.45) is 2.23. The lowest BCUT2D eigenvalue weighted by molar-refractivity contribution is -0.137. The minimum Gasteiger partial charge on any atom is -0.481 e. The minimum atomic E-state index is -3.54. The quantitative estimate of drug-likeness (QED) is 0.609. The summed E-state index contributed by atoms with van der Waals surface area (Å²) >= 11 is 0. The van der Waals surface area contributed by atoms with Crippen molar-refractivity contribution in [1.29, 1.82) is 0 Å². The molecule has 0 aliphatic heterocycles. The van der Waals surface area contributed by atoms with Crippen molar-refractivity contribution in [2.45, 2.75) is 31.1 Å². The van der Waals surface area contributed by atoms with Crippen LogP contribution in [-0.4, -0.2) is 36.2 Å². The van der Waals surface area contributed by atoms with Gasteiger partial charge < -0.3 is 5.11 Å². The van der Waals surface area contributed by atoms with Crippen molar-refractivity contribution >= 4 is 16.0 Å². The molecule has 1 aromatic rings. The number of aryl methyl sites for hydroxylation is 1. The van der Waals surface area contributed by atoms with E-state index in [4.69, 9.17) is 5.11 Å². The van der Waals surface area contributed by atoms with Crippen LogP contribution in [0.5, 0.6) is 0 Å². The second-order valence-corrected chi connectivity index (χ2v) is 5.34. The van der Waals surface area contributed by atoms with Crippen molar-refractivity contribution in [2.75, 3.05) is 6.54 Å². The molecule has 1 aromatic heterocycles. The van der Waals surface area contributed by atoms with E-state index in [2.05, 4.69) is 14.9 Å². The van der Waals surface area contributed by atoms with E-state index in [1.807, 2.05) is 0 Å². The molecule has 1 rings (SSSR count). The first-order chi connectivity index (χ1) is 7.93. The van der Waals surface area contributed by atoms with Gasteiger partial charge in [-0.3, -0.25) is 9.89 Å². The number of carbonyl (C=O) groups is 1. The Bertz CT molecular complexity index is 480. The molecule has 3 N–H and O–H groups in total. The van der Waals surface area contributed by atoms with Crippen molar-refractivity contribution in [1.82, 2.24) is 14.9 Å². The van der Waals surface area contributed by atoms with E-state index < -0.39 is 16.0 Å². The van der Waals surface area contributed by atoms with E-state index in [9.17, 15) is 13.2 Å². The Morgan fingerprint density at radius 3 is 2.76 bits per heavy atom. The molecule has 0 atom stereocenters. The fourth-order valence-electron chi connectivity index (χ4n) is 1.30. The maximum absolute atomic E-state index is 11.7. The normalized spacial score (nSPS) is 11.6. The maximum Gasteiger partial charge on any atom is 0.303 e. The predicted octanol–water partition coefficient (Wildman–Crippen LogP) is 0.251. The highest BCUT2D eigenvalue weighted by Crippen LogP contribution is 2.10. The Balaban J connectivity index is 2.41. The van der Waals surface area contributed by atoms with Gasteiger partial charge in [-0.05, 0) is 19.8 Å². The first-order valence-electron chi connectivity index (χ1n) is 5.15. The number of hydrogen-bond acceptors (Lipinski definition) is 4. The monoisotopic (exact) mass is 261 g/mol. The Hall–Kier alpha value is -1.41. The SMILES string of the molecule is Cc1[nH]ncc1S(=O)(=O)NCCCCC(=O)O. The Labute approximate surface area is 99.3 Å². The fraction of sp³-hybridized carbons (Fsp3) is 0.556. The Morgan fingerprint density at radius 1 is 1.53 bits per heavy atom. The molecule has 0 saturated heterocycles. The molecular weight excluding hydrogens is 246 g/mol. The van der Waals surface area contributed by atoms with Gasteiger partial charge in [0.15, 0.2) is 0 Å². The molecule has 7 nitrogen and oxygen atoms in total. The number of nitrogens with one attached hydrogen (secondary N) is 2. The van der Waals surface area contributed by atoms with Crippen molar-refractivity contribution in [3.05, 3.63) is 11.9 Å². The van der Waals surface area contributed by atoms with Gasteiger partial charge in [-0.15, -0.1) is 0 Å². The van der Waals surface area contributed by atoms with Gasteiger partial charge in [-0.1, -0.05) is 0 Å². The molecule has 0 fully saturated rings. The zero-order valence-electron chi connectivity index (χ0n) is 9.43. The number of aliphatic carboxylic acids is 1. The van der Waals surface area contributed by atoms with Crippen LogP contribution in [0.1, 0.15) is 25.0 Å². The number of unbranched alkanes of at least 4 members (excludes halogenated alkanes) is 1. The molecule has 96 valence electrons. The standard InChI is InChI=1S/C9H15N3O4S/c1-7-8(6-10-12-7)17(15,16)11-5-3-2-4-9(13)14/h6,11H,2-5H2,1H3,(H,10,12)(H,13,14). The average Bonchev–Trinajstić information content (AvgIpc) is 2.64. The summed E-state index contributed by atoms with van der Waals surface area (Å²) in [6, 6.07) is 0. The van der Waals surface area contributed by atoms with Crippen LogP contribution in [0, 0.1) is 6.92 Å². The van der Waals surface area contributed by atoms with Gasteiger partial charge in [0.05, 0.1) is 11.9 Å². The topological polar surface area (TPSA) is 112 Å². The van der Waals surface area contributed by atoms with E-state index in [-0.39, 0.29) is 17.9 Å². The summed E-state index contributed by atoms with van der Waals surface area (Å²) < 4.78 is 25.8. The van der Waals surface area contributed by atoms with Crippen LogP contribution >= 0.6 is 0 Å². The van der Waals surface area contributed by atoms with Gasteiger partial charge in [0.25, 0.3) is 0 Å². The van der Waals surface area contributed by atoms with Crippen molar-refractivity contribution in [3.8, 4) is 0 Å². The lowest BCUT2D eigenvalue weighted by Crippen LogP contribution is -2.25. The number of carboxylic acids is 1. The second kappa shape index (κ2) is 5.78. The van der Waals surface area contributed by atoms with E-state index >= 15 is 0 Å². The summed E-state index contributed by atoms with van der Waals surface area (Å²) in [5.74, 6) is -0.876. The van der Waals surface area contributed by atoms with Crippen LogP contribution in [0.2, 0.25) is 0 Å². The first kappa shape index (κ1) is 13.7. The van der Waals surface area contributed by atoms with Crippen molar-refractivity contribution < 1.29 is 18.3 Å². The van der Waals surface area contributed by atoms with Gasteiger partial charge >= 0.3 is 5.97 Å². The van der Waals surface area contributed by atoms with Gasteiger partial charge in [-0.2, -0.15) is 5.10 Å². The molecule has 17 heavy (non-hydrogen) atoms. The third kappa shape index (κ3) is 4.16. The van der Waals surface area contributed by atoms with E-state index in [1.165, 1.54) is 6.20 Å². The van der Waals surface area contributed by atoms with Gasteiger partial charge in [-0.25, -0.2) is 13.1 Å². The maximum atomic E-state index is 11.7. The number of sulfonamides is 1. The molecule has 0 amide bonds. The molecule has 1 heterocycles. The zero-order valence-corrected chi connectivity index (χ0v) is 10.2. The first-order valence-corrected chi connectivity index (χ1v) is 6.63. The second-order valence-electron chi connectivity index (χ2n) is 3.61. The lowest BCUT2D eigenvalue weighted by Gasteiger charge is -2.04. The molecule has 0 radical (unpaired) electrons. The molecule has 0 spiro atoms. The van der Waals surface area contributed by atoms with E-state index in [0.29, 0.717) is 18.5 Å². The molecule has 0 bridgehead atoms. The highest BCUT2D eigenvalue weighted by atomic mass is 32.2. The average molecular weight is 261 g/mol. The van der Waals surface area contributed by atoms with E-state index in [1.54, 1.807) is 6.92 Å². The van der Waals surface area contributed by atoms with Crippen LogP contribution in [-0.2, 0) is 14.8 Å². The van der Waals surface area contributed by atoms with Gasteiger partial charge in [0.2, 0.25) is 10.0 Å². The smallest absolute Gasteiger partial charge is 0.303 e. The third-order valence-electron chi connectivity index (χ3n) is 2.18. The van der Waals surface area contributed by atoms with Crippen LogP contribution in [0.4, 0.5) is 0 Å². The highest BCUT2D eigenvalue weighted by molar-refractivity contribution is 7.89. The molecule has 8 heteroatoms. The van der Waals surface area contributed by atoms with Crippen LogP contribution < -0.4 is 4.72 Å². The van der Waals surface area contributed by atoms with Crippen LogP contribution in [0.15, 0.2) is 11.1 Å². The molecule has 0 saturated carbocycles. The fourth-order valence-corrected chi connectivity index (χ4v) is 2.50. The summed E-state index contributed by atoms with van der Waals surface area (Å²) in [7, 11) is -3.54. The molecule has 0 aliphatic carbocycles. The summed E-state index contributed by atoms with van der Waals surface area (Å²) in [5, 5.41) is 14.6. The minimum absolute atomic E-state index is 0.0481. The van der Waals surface area contributed by atoms with Crippen LogP contribution in [0.25, 0.3) is 0 Å².